The SMILES string of the molecule is [CH2-]CN(CC)CC.[Cl][Zr]([Cl])[Cl].c1cc[cH-]c1. The van der Waals surface area contributed by atoms with Gasteiger partial charge in [-0.25, -0.2) is 12.1 Å². The van der Waals surface area contributed by atoms with E-state index in [1.807, 2.05) is 30.3 Å². The molecular formula is C11H19Cl3NZr-2. The maximum atomic E-state index is 5.00. The van der Waals surface area contributed by atoms with Crippen LogP contribution >= 0.6 is 25.5 Å². The van der Waals surface area contributed by atoms with Crippen molar-refractivity contribution in [1.29, 1.82) is 0 Å². The van der Waals surface area contributed by atoms with E-state index in [2.05, 4.69) is 25.7 Å². The molecule has 16 heavy (non-hydrogen) atoms. The van der Waals surface area contributed by atoms with Crippen LogP contribution in [0, 0.1) is 6.92 Å². The van der Waals surface area contributed by atoms with E-state index in [1.165, 1.54) is 0 Å². The second-order valence-electron chi connectivity index (χ2n) is 2.70. The molecule has 0 aliphatic carbocycles. The fourth-order valence-corrected chi connectivity index (χ4v) is 0.861. The van der Waals surface area contributed by atoms with Gasteiger partial charge in [0, 0.05) is 0 Å². The van der Waals surface area contributed by atoms with Gasteiger partial charge in [-0.1, -0.05) is 13.8 Å². The third kappa shape index (κ3) is 20.5. The van der Waals surface area contributed by atoms with E-state index in [0.717, 1.165) is 19.6 Å². The van der Waals surface area contributed by atoms with Crippen LogP contribution in [-0.4, -0.2) is 24.5 Å². The number of nitrogens with zero attached hydrogens (tertiary/aromatic N) is 1. The molecule has 0 unspecified atom stereocenters. The monoisotopic (exact) mass is 360 g/mol. The third-order valence-electron chi connectivity index (χ3n) is 1.77. The van der Waals surface area contributed by atoms with Crippen LogP contribution in [-0.2, 0) is 18.2 Å². The molecule has 5 heteroatoms. The minimum absolute atomic E-state index is 0.938. The van der Waals surface area contributed by atoms with E-state index < -0.39 is 18.2 Å². The normalized spacial score (nSPS) is 8.69. The number of hydrogen-bond acceptors (Lipinski definition) is 1. The van der Waals surface area contributed by atoms with Crippen LogP contribution in [0.4, 0.5) is 0 Å². The molecule has 1 aromatic carbocycles. The number of rotatable bonds is 3. The van der Waals surface area contributed by atoms with E-state index >= 15 is 0 Å². The Morgan fingerprint density at radius 3 is 1.56 bits per heavy atom. The molecule has 0 aromatic heterocycles. The van der Waals surface area contributed by atoms with Gasteiger partial charge in [0.25, 0.3) is 0 Å². The molecule has 95 valence electrons. The van der Waals surface area contributed by atoms with Gasteiger partial charge in [0.1, 0.15) is 0 Å². The van der Waals surface area contributed by atoms with E-state index in [4.69, 9.17) is 25.5 Å². The smallest absolute Gasteiger partial charge is 0.172 e. The molecule has 0 fully saturated rings. The zero-order valence-electron chi connectivity index (χ0n) is 9.80. The summed E-state index contributed by atoms with van der Waals surface area (Å²) in [6.45, 7) is 11.2. The summed E-state index contributed by atoms with van der Waals surface area (Å²) >= 11 is -2.13. The Labute approximate surface area is 118 Å². The van der Waals surface area contributed by atoms with Crippen molar-refractivity contribution in [3.8, 4) is 0 Å². The summed E-state index contributed by atoms with van der Waals surface area (Å²) in [6.07, 6.45) is 0. The molecule has 0 bridgehead atoms. The molecular weight excluding hydrogens is 344 g/mol. The van der Waals surface area contributed by atoms with Crippen LogP contribution in [0.5, 0.6) is 0 Å². The van der Waals surface area contributed by atoms with Crippen molar-refractivity contribution in [1.82, 2.24) is 4.90 Å². The van der Waals surface area contributed by atoms with Crippen molar-refractivity contribution in [2.45, 2.75) is 13.8 Å². The summed E-state index contributed by atoms with van der Waals surface area (Å²) in [5.41, 5.74) is 0. The molecule has 0 N–H and O–H groups in total. The average Bonchev–Trinajstić information content (AvgIpc) is 2.77. The molecule has 0 spiro atoms. The Balaban J connectivity index is 0. The Hall–Kier alpha value is 1.06. The van der Waals surface area contributed by atoms with Crippen LogP contribution in [0.15, 0.2) is 30.3 Å². The quantitative estimate of drug-likeness (QED) is 0.708. The van der Waals surface area contributed by atoms with Gasteiger partial charge in [-0.15, -0.1) is 6.54 Å². The van der Waals surface area contributed by atoms with Gasteiger partial charge in [-0.2, -0.15) is 18.2 Å². The van der Waals surface area contributed by atoms with Gasteiger partial charge in [0.05, 0.1) is 0 Å². The minimum Gasteiger partial charge on any atom is -0.214 e. The second kappa shape index (κ2) is 16.1. The van der Waals surface area contributed by atoms with Crippen molar-refractivity contribution >= 4 is 25.5 Å². The van der Waals surface area contributed by atoms with E-state index in [1.54, 1.807) is 0 Å². The first kappa shape index (κ1) is 19.4. The zero-order valence-corrected chi connectivity index (χ0v) is 14.5. The van der Waals surface area contributed by atoms with Crippen molar-refractivity contribution in [2.24, 2.45) is 0 Å². The molecule has 0 atom stereocenters. The van der Waals surface area contributed by atoms with Gasteiger partial charge in [-0.3, -0.25) is 0 Å². The number of hydrogen-bond donors (Lipinski definition) is 0. The standard InChI is InChI=1S/C6H14N.C5H5.3ClH.Zr/c1-4-7(5-2)6-3;1-2-4-5-3-1;;;;/h1,4-6H2,2-3H3;1-5H;3*1H;/q2*-1;;;;+3/p-3. The summed E-state index contributed by atoms with van der Waals surface area (Å²) in [5.74, 6) is 0. The van der Waals surface area contributed by atoms with Crippen molar-refractivity contribution in [3.05, 3.63) is 37.3 Å². The predicted molar refractivity (Wildman–Crippen MR) is 72.7 cm³/mol. The van der Waals surface area contributed by atoms with Crippen LogP contribution in [0.25, 0.3) is 0 Å². The van der Waals surface area contributed by atoms with Gasteiger partial charge in [-0.05, 0) is 13.1 Å². The Bertz CT molecular complexity index is 164. The van der Waals surface area contributed by atoms with Gasteiger partial charge in [0.15, 0.2) is 0 Å². The maximum Gasteiger partial charge on any atom is -0.172 e. The van der Waals surface area contributed by atoms with Gasteiger partial charge >= 0.3 is 43.7 Å². The van der Waals surface area contributed by atoms with Crippen molar-refractivity contribution in [3.63, 3.8) is 0 Å². The van der Waals surface area contributed by atoms with Crippen LogP contribution in [0.2, 0.25) is 0 Å². The van der Waals surface area contributed by atoms with E-state index in [9.17, 15) is 0 Å². The molecule has 1 rings (SSSR count). The zero-order chi connectivity index (χ0) is 12.8. The summed E-state index contributed by atoms with van der Waals surface area (Å²) in [7, 11) is 15.0. The fraction of sp³-hybridized carbons (Fsp3) is 0.455. The van der Waals surface area contributed by atoms with Crippen LogP contribution in [0.1, 0.15) is 13.8 Å². The summed E-state index contributed by atoms with van der Waals surface area (Å²) in [4.78, 5) is 2.26. The molecule has 0 amide bonds. The molecule has 0 radical (unpaired) electrons. The van der Waals surface area contributed by atoms with Crippen LogP contribution < -0.4 is 0 Å². The first-order chi connectivity index (χ1) is 7.58. The first-order valence-corrected chi connectivity index (χ1v) is 14.6. The maximum absolute atomic E-state index is 5.00. The third-order valence-corrected chi connectivity index (χ3v) is 1.77. The Morgan fingerprint density at radius 2 is 1.50 bits per heavy atom. The van der Waals surface area contributed by atoms with E-state index in [-0.39, 0.29) is 0 Å². The molecule has 0 heterocycles. The fourth-order valence-electron chi connectivity index (χ4n) is 0.861. The topological polar surface area (TPSA) is 3.24 Å². The molecule has 0 saturated heterocycles. The van der Waals surface area contributed by atoms with Gasteiger partial charge in [0.2, 0.25) is 0 Å². The second-order valence-corrected chi connectivity index (χ2v) is 13.9. The van der Waals surface area contributed by atoms with Gasteiger partial charge < -0.3 is 11.8 Å². The summed E-state index contributed by atoms with van der Waals surface area (Å²) in [5, 5.41) is 0. The summed E-state index contributed by atoms with van der Waals surface area (Å²) < 4.78 is 0. The minimum atomic E-state index is -2.13. The molecule has 0 aliphatic heterocycles. The molecule has 0 aliphatic rings. The number of halogens is 3. The molecule has 1 nitrogen and oxygen atoms in total. The predicted octanol–water partition coefficient (Wildman–Crippen LogP) is 4.63. The van der Waals surface area contributed by atoms with Crippen molar-refractivity contribution in [2.75, 3.05) is 19.6 Å². The molecule has 1 aromatic rings. The molecule has 0 saturated carbocycles. The largest absolute Gasteiger partial charge is 0.214 e. The van der Waals surface area contributed by atoms with E-state index in [0.29, 0.717) is 0 Å². The first-order valence-electron chi connectivity index (χ1n) is 5.10. The Morgan fingerprint density at radius 1 is 1.12 bits per heavy atom. The summed E-state index contributed by atoms with van der Waals surface area (Å²) in [6, 6.07) is 10.0. The Kier molecular flexibility index (Phi) is 19.5. The van der Waals surface area contributed by atoms with Crippen molar-refractivity contribution < 1.29 is 18.2 Å². The average molecular weight is 363 g/mol. The van der Waals surface area contributed by atoms with Crippen LogP contribution in [0.3, 0.4) is 0 Å².